The fourth-order valence-corrected chi connectivity index (χ4v) is 3.67. The Hall–Kier alpha value is -2.87. The van der Waals surface area contributed by atoms with Crippen molar-refractivity contribution in [2.45, 2.75) is 58.0 Å². The Morgan fingerprint density at radius 1 is 1.17 bits per heavy atom. The van der Waals surface area contributed by atoms with Gasteiger partial charge in [0.2, 0.25) is 17.7 Å². The van der Waals surface area contributed by atoms with Crippen molar-refractivity contribution in [3.05, 3.63) is 36.0 Å². The van der Waals surface area contributed by atoms with E-state index in [4.69, 9.17) is 5.21 Å². The van der Waals surface area contributed by atoms with Gasteiger partial charge in [0.15, 0.2) is 0 Å². The molecule has 0 unspecified atom stereocenters. The molecule has 0 saturated heterocycles. The number of carbonyl (C=O) groups is 3. The molecule has 1 saturated carbocycles. The molecule has 0 radical (unpaired) electrons. The van der Waals surface area contributed by atoms with Gasteiger partial charge in [0, 0.05) is 41.9 Å². The molecule has 3 rings (SSSR count). The van der Waals surface area contributed by atoms with Crippen LogP contribution in [0.15, 0.2) is 30.5 Å². The molecule has 1 aliphatic carbocycles. The van der Waals surface area contributed by atoms with Crippen molar-refractivity contribution in [2.75, 3.05) is 0 Å². The van der Waals surface area contributed by atoms with Gasteiger partial charge < -0.3 is 15.6 Å². The minimum atomic E-state index is -0.746. The Morgan fingerprint density at radius 3 is 2.57 bits per heavy atom. The monoisotopic (exact) mass is 414 g/mol. The van der Waals surface area contributed by atoms with E-state index in [0.29, 0.717) is 12.8 Å². The van der Waals surface area contributed by atoms with Gasteiger partial charge in [0.05, 0.1) is 0 Å². The van der Waals surface area contributed by atoms with E-state index in [1.54, 1.807) is 5.48 Å². The van der Waals surface area contributed by atoms with Gasteiger partial charge in [-0.05, 0) is 36.8 Å². The highest BCUT2D eigenvalue weighted by Gasteiger charge is 2.31. The van der Waals surface area contributed by atoms with Crippen LogP contribution in [0.5, 0.6) is 0 Å². The lowest BCUT2D eigenvalue weighted by Gasteiger charge is -2.23. The number of para-hydroxylation sites is 1. The average Bonchev–Trinajstić information content (AvgIpc) is 3.44. The summed E-state index contributed by atoms with van der Waals surface area (Å²) in [5.41, 5.74) is 3.50. The topological polar surface area (TPSA) is 123 Å². The molecule has 2 atom stereocenters. The summed E-state index contributed by atoms with van der Waals surface area (Å²) in [7, 11) is 0. The SMILES string of the molecule is CC(C)C[C@H](CC(=O)NO)C(=O)N[C@@H](Cc1c[nH]c2ccccc12)C(=O)NC1CC1. The zero-order valence-electron chi connectivity index (χ0n) is 17.4. The largest absolute Gasteiger partial charge is 0.361 e. The van der Waals surface area contributed by atoms with Crippen LogP contribution in [0.2, 0.25) is 0 Å². The van der Waals surface area contributed by atoms with Crippen molar-refractivity contribution in [3.8, 4) is 0 Å². The highest BCUT2D eigenvalue weighted by Crippen LogP contribution is 2.22. The molecule has 5 N–H and O–H groups in total. The number of benzene rings is 1. The molecular formula is C22H30N4O4. The quantitative estimate of drug-likeness (QED) is 0.301. The van der Waals surface area contributed by atoms with E-state index in [-0.39, 0.29) is 30.2 Å². The first-order valence-corrected chi connectivity index (χ1v) is 10.5. The van der Waals surface area contributed by atoms with Crippen LogP contribution in [-0.4, -0.2) is 40.0 Å². The molecule has 1 aliphatic rings. The van der Waals surface area contributed by atoms with Crippen molar-refractivity contribution in [3.63, 3.8) is 0 Å². The Kier molecular flexibility index (Phi) is 7.10. The standard InChI is InChI=1S/C22H30N4O4/c1-13(2)9-14(11-20(27)26-30)21(28)25-19(22(29)24-16-7-8-16)10-15-12-23-18-6-4-3-5-17(15)18/h3-6,12-14,16,19,23,30H,7-11H2,1-2H3,(H,24,29)(H,25,28)(H,26,27)/t14-,19+/m1/s1. The summed E-state index contributed by atoms with van der Waals surface area (Å²) in [5, 5.41) is 15.7. The number of hydroxylamine groups is 1. The van der Waals surface area contributed by atoms with Gasteiger partial charge in [-0.3, -0.25) is 19.6 Å². The lowest BCUT2D eigenvalue weighted by molar-refractivity contribution is -0.136. The number of aromatic nitrogens is 1. The average molecular weight is 415 g/mol. The summed E-state index contributed by atoms with van der Waals surface area (Å²) < 4.78 is 0. The first-order valence-electron chi connectivity index (χ1n) is 10.5. The second-order valence-electron chi connectivity index (χ2n) is 8.47. The Bertz CT molecular complexity index is 903. The molecule has 1 aromatic carbocycles. The van der Waals surface area contributed by atoms with Crippen LogP contribution < -0.4 is 16.1 Å². The van der Waals surface area contributed by atoms with Crippen molar-refractivity contribution in [1.82, 2.24) is 21.1 Å². The van der Waals surface area contributed by atoms with E-state index < -0.39 is 17.9 Å². The maximum Gasteiger partial charge on any atom is 0.244 e. The van der Waals surface area contributed by atoms with E-state index >= 15 is 0 Å². The molecule has 8 nitrogen and oxygen atoms in total. The third-order valence-corrected chi connectivity index (χ3v) is 5.34. The molecule has 3 amide bonds. The van der Waals surface area contributed by atoms with Crippen LogP contribution in [-0.2, 0) is 20.8 Å². The van der Waals surface area contributed by atoms with Crippen LogP contribution in [0.3, 0.4) is 0 Å². The maximum atomic E-state index is 13.0. The number of fused-ring (bicyclic) bond motifs is 1. The molecule has 0 bridgehead atoms. The van der Waals surface area contributed by atoms with Crippen molar-refractivity contribution >= 4 is 28.6 Å². The normalized spacial score (nSPS) is 15.6. The number of rotatable bonds is 10. The summed E-state index contributed by atoms with van der Waals surface area (Å²) in [6.07, 6.45) is 4.44. The molecule has 30 heavy (non-hydrogen) atoms. The molecule has 162 valence electrons. The fourth-order valence-electron chi connectivity index (χ4n) is 3.67. The molecule has 0 spiro atoms. The highest BCUT2D eigenvalue weighted by molar-refractivity contribution is 5.92. The molecule has 8 heteroatoms. The Morgan fingerprint density at radius 2 is 1.90 bits per heavy atom. The lowest BCUT2D eigenvalue weighted by atomic mass is 9.92. The van der Waals surface area contributed by atoms with Crippen LogP contribution in [0.4, 0.5) is 0 Å². The van der Waals surface area contributed by atoms with E-state index in [1.807, 2.05) is 44.3 Å². The van der Waals surface area contributed by atoms with Crippen LogP contribution >= 0.6 is 0 Å². The van der Waals surface area contributed by atoms with Crippen LogP contribution in [0.1, 0.15) is 45.1 Å². The predicted octanol–water partition coefficient (Wildman–Crippen LogP) is 2.03. The zero-order valence-corrected chi connectivity index (χ0v) is 17.4. The van der Waals surface area contributed by atoms with Gasteiger partial charge in [0.1, 0.15) is 6.04 Å². The third-order valence-electron chi connectivity index (χ3n) is 5.34. The summed E-state index contributed by atoms with van der Waals surface area (Å²) in [6.45, 7) is 3.92. The zero-order chi connectivity index (χ0) is 21.7. The number of hydrogen-bond acceptors (Lipinski definition) is 4. The second kappa shape index (κ2) is 9.75. The van der Waals surface area contributed by atoms with Crippen molar-refractivity contribution < 1.29 is 19.6 Å². The number of nitrogens with one attached hydrogen (secondary N) is 4. The molecule has 1 fully saturated rings. The van der Waals surface area contributed by atoms with Gasteiger partial charge in [-0.15, -0.1) is 0 Å². The highest BCUT2D eigenvalue weighted by atomic mass is 16.5. The van der Waals surface area contributed by atoms with Gasteiger partial charge in [-0.25, -0.2) is 5.48 Å². The Balaban J connectivity index is 1.77. The second-order valence-corrected chi connectivity index (χ2v) is 8.47. The first-order chi connectivity index (χ1) is 14.4. The summed E-state index contributed by atoms with van der Waals surface area (Å²) in [5.74, 6) is -1.64. The fraction of sp³-hybridized carbons (Fsp3) is 0.500. The number of aromatic amines is 1. The maximum absolute atomic E-state index is 13.0. The van der Waals surface area contributed by atoms with Gasteiger partial charge in [0.25, 0.3) is 0 Å². The van der Waals surface area contributed by atoms with Gasteiger partial charge >= 0.3 is 0 Å². The minimum Gasteiger partial charge on any atom is -0.361 e. The summed E-state index contributed by atoms with van der Waals surface area (Å²) in [4.78, 5) is 40.7. The van der Waals surface area contributed by atoms with Gasteiger partial charge in [-0.2, -0.15) is 0 Å². The number of carbonyl (C=O) groups excluding carboxylic acids is 3. The number of amides is 3. The van der Waals surface area contributed by atoms with E-state index in [2.05, 4.69) is 15.6 Å². The number of H-pyrrole nitrogens is 1. The van der Waals surface area contributed by atoms with Crippen LogP contribution in [0.25, 0.3) is 10.9 Å². The molecule has 1 aromatic heterocycles. The first kappa shape index (κ1) is 21.8. The summed E-state index contributed by atoms with van der Waals surface area (Å²) >= 11 is 0. The number of hydrogen-bond donors (Lipinski definition) is 5. The summed E-state index contributed by atoms with van der Waals surface area (Å²) in [6, 6.07) is 7.24. The Labute approximate surface area is 175 Å². The van der Waals surface area contributed by atoms with Crippen molar-refractivity contribution in [1.29, 1.82) is 0 Å². The van der Waals surface area contributed by atoms with E-state index in [9.17, 15) is 14.4 Å². The third kappa shape index (κ3) is 5.82. The lowest BCUT2D eigenvalue weighted by Crippen LogP contribution is -2.50. The van der Waals surface area contributed by atoms with Crippen molar-refractivity contribution in [2.24, 2.45) is 11.8 Å². The molecule has 2 aromatic rings. The molecule has 0 aliphatic heterocycles. The van der Waals surface area contributed by atoms with Gasteiger partial charge in [-0.1, -0.05) is 32.0 Å². The smallest absolute Gasteiger partial charge is 0.244 e. The minimum absolute atomic E-state index is 0.134. The molecule has 1 heterocycles. The van der Waals surface area contributed by atoms with E-state index in [1.165, 1.54) is 0 Å². The van der Waals surface area contributed by atoms with Crippen LogP contribution in [0, 0.1) is 11.8 Å². The predicted molar refractivity (Wildman–Crippen MR) is 113 cm³/mol. The van der Waals surface area contributed by atoms with E-state index in [0.717, 1.165) is 29.3 Å². The molecular weight excluding hydrogens is 384 g/mol.